The predicted molar refractivity (Wildman–Crippen MR) is 65.4 cm³/mol. The van der Waals surface area contributed by atoms with Crippen LogP contribution in [0, 0.1) is 0 Å². The van der Waals surface area contributed by atoms with Gasteiger partial charge in [0.1, 0.15) is 6.10 Å². The van der Waals surface area contributed by atoms with E-state index in [1.165, 1.54) is 0 Å². The molecule has 0 saturated carbocycles. The van der Waals surface area contributed by atoms with Crippen molar-refractivity contribution in [3.05, 3.63) is 48.0 Å². The first-order valence-electron chi connectivity index (χ1n) is 5.91. The van der Waals surface area contributed by atoms with Crippen molar-refractivity contribution in [3.8, 4) is 0 Å². The van der Waals surface area contributed by atoms with Gasteiger partial charge in [0, 0.05) is 31.1 Å². The molecule has 1 atom stereocenters. The van der Waals surface area contributed by atoms with Gasteiger partial charge in [-0.2, -0.15) is 5.10 Å². The average Bonchev–Trinajstić information content (AvgIpc) is 2.79. The molecule has 0 saturated heterocycles. The molecule has 90 valence electrons. The minimum atomic E-state index is -0.543. The number of pyridine rings is 1. The molecular weight excluding hydrogens is 214 g/mol. The van der Waals surface area contributed by atoms with Gasteiger partial charge in [-0.1, -0.05) is 13.0 Å². The van der Waals surface area contributed by atoms with E-state index >= 15 is 0 Å². The lowest BCUT2D eigenvalue weighted by Crippen LogP contribution is -2.11. The van der Waals surface area contributed by atoms with E-state index in [2.05, 4.69) is 17.0 Å². The molecule has 2 heterocycles. The maximum Gasteiger partial charge on any atom is 0.101 e. The van der Waals surface area contributed by atoms with Crippen molar-refractivity contribution in [2.75, 3.05) is 0 Å². The van der Waals surface area contributed by atoms with E-state index in [1.54, 1.807) is 12.4 Å². The maximum absolute atomic E-state index is 10.2. The Balaban J connectivity index is 2.09. The Morgan fingerprint density at radius 3 is 2.88 bits per heavy atom. The van der Waals surface area contributed by atoms with Crippen LogP contribution < -0.4 is 0 Å². The average molecular weight is 231 g/mol. The van der Waals surface area contributed by atoms with Crippen LogP contribution in [0.3, 0.4) is 0 Å². The van der Waals surface area contributed by atoms with Crippen LogP contribution in [0.2, 0.25) is 0 Å². The maximum atomic E-state index is 10.2. The number of aliphatic hydroxyl groups is 1. The van der Waals surface area contributed by atoms with E-state index < -0.39 is 6.10 Å². The molecule has 0 aliphatic rings. The molecule has 4 heteroatoms. The fourth-order valence-corrected chi connectivity index (χ4v) is 1.85. The van der Waals surface area contributed by atoms with Gasteiger partial charge in [0.25, 0.3) is 0 Å². The molecular formula is C13H17N3O. The number of hydrogen-bond donors (Lipinski definition) is 1. The van der Waals surface area contributed by atoms with Crippen LogP contribution in [0.1, 0.15) is 30.8 Å². The molecule has 0 aliphatic heterocycles. The highest BCUT2D eigenvalue weighted by molar-refractivity contribution is 5.11. The monoisotopic (exact) mass is 231 g/mol. The molecule has 17 heavy (non-hydrogen) atoms. The lowest BCUT2D eigenvalue weighted by atomic mass is 10.1. The number of aliphatic hydroxyl groups excluding tert-OH is 1. The van der Waals surface area contributed by atoms with Crippen molar-refractivity contribution in [3.63, 3.8) is 0 Å². The molecule has 0 bridgehead atoms. The molecule has 0 amide bonds. The molecule has 2 aromatic rings. The molecule has 2 aromatic heterocycles. The highest BCUT2D eigenvalue weighted by Gasteiger charge is 2.13. The Labute approximate surface area is 101 Å². The standard InChI is InChI=1S/C13H17N3O/c1-2-9-16-12(6-8-15-16)13(17)10-11-5-3-4-7-14-11/h3-8,13,17H,2,9-10H2,1H3. The van der Waals surface area contributed by atoms with Crippen molar-refractivity contribution in [2.45, 2.75) is 32.4 Å². The minimum absolute atomic E-state index is 0.524. The lowest BCUT2D eigenvalue weighted by Gasteiger charge is -2.12. The Bertz CT molecular complexity index is 453. The summed E-state index contributed by atoms with van der Waals surface area (Å²) in [6, 6.07) is 7.59. The van der Waals surface area contributed by atoms with E-state index in [0.717, 1.165) is 24.4 Å². The Hall–Kier alpha value is -1.68. The molecule has 1 unspecified atom stereocenters. The first-order chi connectivity index (χ1) is 8.31. The first kappa shape index (κ1) is 11.8. The summed E-state index contributed by atoms with van der Waals surface area (Å²) in [5, 5.41) is 14.4. The summed E-state index contributed by atoms with van der Waals surface area (Å²) in [4.78, 5) is 4.21. The first-order valence-corrected chi connectivity index (χ1v) is 5.91. The highest BCUT2D eigenvalue weighted by atomic mass is 16.3. The molecule has 1 N–H and O–H groups in total. The summed E-state index contributed by atoms with van der Waals surface area (Å²) >= 11 is 0. The van der Waals surface area contributed by atoms with Gasteiger partial charge in [-0.05, 0) is 24.6 Å². The number of nitrogens with zero attached hydrogens (tertiary/aromatic N) is 3. The third-order valence-corrected chi connectivity index (χ3v) is 2.65. The second kappa shape index (κ2) is 5.59. The zero-order valence-corrected chi connectivity index (χ0v) is 9.95. The van der Waals surface area contributed by atoms with Crippen molar-refractivity contribution < 1.29 is 5.11 Å². The third kappa shape index (κ3) is 2.91. The topological polar surface area (TPSA) is 50.9 Å². The summed E-state index contributed by atoms with van der Waals surface area (Å²) in [6.07, 6.45) is 4.46. The largest absolute Gasteiger partial charge is 0.386 e. The lowest BCUT2D eigenvalue weighted by molar-refractivity contribution is 0.165. The SMILES string of the molecule is CCCn1nccc1C(O)Cc1ccccn1. The third-order valence-electron chi connectivity index (χ3n) is 2.65. The molecule has 0 radical (unpaired) electrons. The molecule has 0 aliphatic carbocycles. The van der Waals surface area contributed by atoms with E-state index in [-0.39, 0.29) is 0 Å². The van der Waals surface area contributed by atoms with E-state index in [4.69, 9.17) is 0 Å². The summed E-state index contributed by atoms with van der Waals surface area (Å²) in [5.41, 5.74) is 1.75. The number of aromatic nitrogens is 3. The predicted octanol–water partition coefficient (Wildman–Crippen LogP) is 1.96. The van der Waals surface area contributed by atoms with Gasteiger partial charge in [0.15, 0.2) is 0 Å². The van der Waals surface area contributed by atoms with Gasteiger partial charge in [0.05, 0.1) is 5.69 Å². The normalized spacial score (nSPS) is 12.6. The van der Waals surface area contributed by atoms with Crippen LogP contribution in [-0.2, 0) is 13.0 Å². The van der Waals surface area contributed by atoms with Gasteiger partial charge in [-0.15, -0.1) is 0 Å². The highest BCUT2D eigenvalue weighted by Crippen LogP contribution is 2.17. The smallest absolute Gasteiger partial charge is 0.101 e. The van der Waals surface area contributed by atoms with Gasteiger partial charge in [0.2, 0.25) is 0 Å². The van der Waals surface area contributed by atoms with E-state index in [1.807, 2.05) is 28.9 Å². The Kier molecular flexibility index (Phi) is 3.88. The molecule has 0 aromatic carbocycles. The van der Waals surface area contributed by atoms with Crippen LogP contribution in [0.25, 0.3) is 0 Å². The van der Waals surface area contributed by atoms with E-state index in [9.17, 15) is 5.11 Å². The fraction of sp³-hybridized carbons (Fsp3) is 0.385. The summed E-state index contributed by atoms with van der Waals surface area (Å²) in [6.45, 7) is 2.93. The van der Waals surface area contributed by atoms with Crippen LogP contribution in [0.4, 0.5) is 0 Å². The van der Waals surface area contributed by atoms with Gasteiger partial charge >= 0.3 is 0 Å². The van der Waals surface area contributed by atoms with Crippen LogP contribution in [-0.4, -0.2) is 19.9 Å². The second-order valence-electron chi connectivity index (χ2n) is 4.02. The summed E-state index contributed by atoms with van der Waals surface area (Å²) < 4.78 is 1.85. The van der Waals surface area contributed by atoms with Crippen molar-refractivity contribution in [1.29, 1.82) is 0 Å². The van der Waals surface area contributed by atoms with E-state index in [0.29, 0.717) is 6.42 Å². The van der Waals surface area contributed by atoms with Crippen LogP contribution in [0.5, 0.6) is 0 Å². The molecule has 0 fully saturated rings. The van der Waals surface area contributed by atoms with Crippen molar-refractivity contribution >= 4 is 0 Å². The quantitative estimate of drug-likeness (QED) is 0.855. The second-order valence-corrected chi connectivity index (χ2v) is 4.02. The van der Waals surface area contributed by atoms with Crippen molar-refractivity contribution in [1.82, 2.24) is 14.8 Å². The number of aryl methyl sites for hydroxylation is 1. The molecule has 4 nitrogen and oxygen atoms in total. The summed E-state index contributed by atoms with van der Waals surface area (Å²) in [5.74, 6) is 0. The molecule has 2 rings (SSSR count). The van der Waals surface area contributed by atoms with Crippen LogP contribution in [0.15, 0.2) is 36.7 Å². The number of hydrogen-bond acceptors (Lipinski definition) is 3. The minimum Gasteiger partial charge on any atom is -0.386 e. The Morgan fingerprint density at radius 2 is 2.18 bits per heavy atom. The van der Waals surface area contributed by atoms with Gasteiger partial charge < -0.3 is 5.11 Å². The zero-order valence-electron chi connectivity index (χ0n) is 9.95. The number of rotatable bonds is 5. The van der Waals surface area contributed by atoms with Gasteiger partial charge in [-0.3, -0.25) is 9.67 Å². The van der Waals surface area contributed by atoms with Crippen molar-refractivity contribution in [2.24, 2.45) is 0 Å². The zero-order chi connectivity index (χ0) is 12.1. The summed E-state index contributed by atoms with van der Waals surface area (Å²) in [7, 11) is 0. The van der Waals surface area contributed by atoms with Crippen LogP contribution >= 0.6 is 0 Å². The Morgan fingerprint density at radius 1 is 1.29 bits per heavy atom. The van der Waals surface area contributed by atoms with Gasteiger partial charge in [-0.25, -0.2) is 0 Å². The molecule has 0 spiro atoms. The fourth-order valence-electron chi connectivity index (χ4n) is 1.85.